The van der Waals surface area contributed by atoms with Gasteiger partial charge in [0, 0.05) is 26.1 Å². The number of nitrogens with one attached hydrogen (secondary N) is 1. The first-order valence-corrected chi connectivity index (χ1v) is 8.71. The number of benzene rings is 1. The number of hydrogen-bond acceptors (Lipinski definition) is 4. The zero-order valence-corrected chi connectivity index (χ0v) is 15.5. The van der Waals surface area contributed by atoms with Crippen LogP contribution < -0.4 is 14.8 Å². The monoisotopic (exact) mass is 348 g/mol. The normalized spacial score (nSPS) is 17.1. The number of amides is 2. The second kappa shape index (κ2) is 8.74. The third-order valence-electron chi connectivity index (χ3n) is 4.33. The van der Waals surface area contributed by atoms with Crippen LogP contribution in [-0.2, 0) is 16.0 Å². The Morgan fingerprint density at radius 3 is 2.64 bits per heavy atom. The molecule has 1 saturated heterocycles. The van der Waals surface area contributed by atoms with Crippen molar-refractivity contribution in [1.29, 1.82) is 0 Å². The van der Waals surface area contributed by atoms with Crippen LogP contribution in [0, 0.1) is 11.8 Å². The molecule has 1 heterocycles. The predicted molar refractivity (Wildman–Crippen MR) is 95.8 cm³/mol. The molecule has 2 amide bonds. The molecule has 0 bridgehead atoms. The van der Waals surface area contributed by atoms with E-state index < -0.39 is 0 Å². The molecule has 0 saturated carbocycles. The number of rotatable bonds is 8. The van der Waals surface area contributed by atoms with Crippen LogP contribution in [0.3, 0.4) is 0 Å². The Balaban J connectivity index is 1.82. The molecule has 6 nitrogen and oxygen atoms in total. The third-order valence-corrected chi connectivity index (χ3v) is 4.33. The van der Waals surface area contributed by atoms with Crippen molar-refractivity contribution in [1.82, 2.24) is 10.2 Å². The summed E-state index contributed by atoms with van der Waals surface area (Å²) in [5.41, 5.74) is 1.06. The average molecular weight is 348 g/mol. The van der Waals surface area contributed by atoms with Gasteiger partial charge in [0.1, 0.15) is 0 Å². The number of nitrogens with zero attached hydrogens (tertiary/aromatic N) is 1. The summed E-state index contributed by atoms with van der Waals surface area (Å²) in [4.78, 5) is 26.1. The van der Waals surface area contributed by atoms with Gasteiger partial charge in [0.15, 0.2) is 11.5 Å². The highest BCUT2D eigenvalue weighted by Gasteiger charge is 2.34. The van der Waals surface area contributed by atoms with E-state index in [1.807, 2.05) is 18.2 Å². The summed E-state index contributed by atoms with van der Waals surface area (Å²) in [6.45, 7) is 5.92. The van der Waals surface area contributed by atoms with Crippen molar-refractivity contribution in [3.63, 3.8) is 0 Å². The smallest absolute Gasteiger partial charge is 0.225 e. The second-order valence-electron chi connectivity index (χ2n) is 6.82. The molecule has 0 spiro atoms. The first-order valence-electron chi connectivity index (χ1n) is 8.71. The topological polar surface area (TPSA) is 67.9 Å². The summed E-state index contributed by atoms with van der Waals surface area (Å²) in [5, 5.41) is 2.94. The van der Waals surface area contributed by atoms with E-state index in [0.29, 0.717) is 49.9 Å². The van der Waals surface area contributed by atoms with E-state index in [1.165, 1.54) is 0 Å². The number of ether oxygens (including phenoxy) is 2. The molecular formula is C19H28N2O4. The molecule has 0 aliphatic carbocycles. The Morgan fingerprint density at radius 2 is 2.00 bits per heavy atom. The standard InChI is InChI=1S/C19H28N2O4/c1-13(2)11-21-12-15(10-18(21)22)19(23)20-8-7-14-5-6-16(24-3)17(9-14)25-4/h5-6,9,13,15H,7-8,10-12H2,1-4H3,(H,20,23). The number of carbonyl (C=O) groups excluding carboxylic acids is 2. The third kappa shape index (κ3) is 5.11. The van der Waals surface area contributed by atoms with E-state index in [-0.39, 0.29) is 17.7 Å². The van der Waals surface area contributed by atoms with Crippen molar-refractivity contribution >= 4 is 11.8 Å². The zero-order chi connectivity index (χ0) is 18.4. The van der Waals surface area contributed by atoms with Gasteiger partial charge < -0.3 is 19.7 Å². The van der Waals surface area contributed by atoms with E-state index in [4.69, 9.17) is 9.47 Å². The fourth-order valence-electron chi connectivity index (χ4n) is 3.08. The van der Waals surface area contributed by atoms with Gasteiger partial charge in [0.25, 0.3) is 0 Å². The maximum Gasteiger partial charge on any atom is 0.225 e. The first kappa shape index (κ1) is 19.1. The van der Waals surface area contributed by atoms with Gasteiger partial charge in [-0.2, -0.15) is 0 Å². The molecule has 1 aliphatic rings. The van der Waals surface area contributed by atoms with Crippen LogP contribution in [0.2, 0.25) is 0 Å². The van der Waals surface area contributed by atoms with Crippen molar-refractivity contribution in [2.45, 2.75) is 26.7 Å². The SMILES string of the molecule is COc1ccc(CCNC(=O)C2CC(=O)N(CC(C)C)C2)cc1OC. The highest BCUT2D eigenvalue weighted by molar-refractivity contribution is 5.89. The van der Waals surface area contributed by atoms with E-state index in [1.54, 1.807) is 19.1 Å². The van der Waals surface area contributed by atoms with Crippen LogP contribution in [-0.4, -0.2) is 50.6 Å². The van der Waals surface area contributed by atoms with Crippen LogP contribution in [0.15, 0.2) is 18.2 Å². The summed E-state index contributed by atoms with van der Waals surface area (Å²) in [5.74, 6) is 1.57. The van der Waals surface area contributed by atoms with Crippen molar-refractivity contribution in [3.8, 4) is 11.5 Å². The molecule has 1 aliphatic heterocycles. The molecule has 1 atom stereocenters. The Labute approximate surface area is 149 Å². The molecule has 138 valence electrons. The Bertz CT molecular complexity index is 615. The van der Waals surface area contributed by atoms with Gasteiger partial charge in [-0.1, -0.05) is 19.9 Å². The van der Waals surface area contributed by atoms with Gasteiger partial charge >= 0.3 is 0 Å². The summed E-state index contributed by atoms with van der Waals surface area (Å²) in [7, 11) is 3.20. The van der Waals surface area contributed by atoms with E-state index >= 15 is 0 Å². The van der Waals surface area contributed by atoms with Gasteiger partial charge in [-0.15, -0.1) is 0 Å². The first-order chi connectivity index (χ1) is 11.9. The molecule has 1 N–H and O–H groups in total. The van der Waals surface area contributed by atoms with Gasteiger partial charge in [-0.25, -0.2) is 0 Å². The maximum absolute atomic E-state index is 12.3. The lowest BCUT2D eigenvalue weighted by Gasteiger charge is -2.18. The summed E-state index contributed by atoms with van der Waals surface area (Å²) in [6.07, 6.45) is 1.01. The van der Waals surface area contributed by atoms with Crippen molar-refractivity contribution < 1.29 is 19.1 Å². The van der Waals surface area contributed by atoms with Crippen molar-refractivity contribution in [2.24, 2.45) is 11.8 Å². The quantitative estimate of drug-likeness (QED) is 0.779. The number of methoxy groups -OCH3 is 2. The van der Waals surface area contributed by atoms with E-state index in [0.717, 1.165) is 5.56 Å². The lowest BCUT2D eigenvalue weighted by atomic mass is 10.1. The van der Waals surface area contributed by atoms with Crippen molar-refractivity contribution in [2.75, 3.05) is 33.9 Å². The highest BCUT2D eigenvalue weighted by atomic mass is 16.5. The molecule has 6 heteroatoms. The molecule has 0 radical (unpaired) electrons. The van der Waals surface area contributed by atoms with E-state index in [9.17, 15) is 9.59 Å². The molecule has 25 heavy (non-hydrogen) atoms. The van der Waals surface area contributed by atoms with E-state index in [2.05, 4.69) is 19.2 Å². The fourth-order valence-corrected chi connectivity index (χ4v) is 3.08. The lowest BCUT2D eigenvalue weighted by Crippen LogP contribution is -2.35. The van der Waals surface area contributed by atoms with Crippen LogP contribution in [0.25, 0.3) is 0 Å². The minimum atomic E-state index is -0.239. The lowest BCUT2D eigenvalue weighted by molar-refractivity contribution is -0.129. The van der Waals surface area contributed by atoms with Gasteiger partial charge in [0.2, 0.25) is 11.8 Å². The molecule has 2 rings (SSSR count). The summed E-state index contributed by atoms with van der Waals surface area (Å²) in [6, 6.07) is 5.72. The number of likely N-dealkylation sites (tertiary alicyclic amines) is 1. The minimum absolute atomic E-state index is 0.0416. The second-order valence-corrected chi connectivity index (χ2v) is 6.82. The maximum atomic E-state index is 12.3. The average Bonchev–Trinajstić information content (AvgIpc) is 2.94. The Hall–Kier alpha value is -2.24. The molecule has 1 fully saturated rings. The predicted octanol–water partition coefficient (Wildman–Crippen LogP) is 1.87. The fraction of sp³-hybridized carbons (Fsp3) is 0.579. The van der Waals surface area contributed by atoms with Crippen LogP contribution >= 0.6 is 0 Å². The molecule has 0 aromatic heterocycles. The van der Waals surface area contributed by atoms with Crippen LogP contribution in [0.5, 0.6) is 11.5 Å². The molecule has 1 aromatic carbocycles. The largest absolute Gasteiger partial charge is 0.493 e. The molecule has 1 unspecified atom stereocenters. The minimum Gasteiger partial charge on any atom is -0.493 e. The Morgan fingerprint density at radius 1 is 1.28 bits per heavy atom. The zero-order valence-electron chi connectivity index (χ0n) is 15.5. The van der Waals surface area contributed by atoms with Crippen LogP contribution in [0.1, 0.15) is 25.8 Å². The molecule has 1 aromatic rings. The summed E-state index contributed by atoms with van der Waals surface area (Å²) < 4.78 is 10.5. The number of carbonyl (C=O) groups is 2. The number of hydrogen-bond donors (Lipinski definition) is 1. The van der Waals surface area contributed by atoms with Gasteiger partial charge in [-0.3, -0.25) is 9.59 Å². The van der Waals surface area contributed by atoms with Gasteiger partial charge in [0.05, 0.1) is 20.1 Å². The van der Waals surface area contributed by atoms with Crippen LogP contribution in [0.4, 0.5) is 0 Å². The molecular weight excluding hydrogens is 320 g/mol. The highest BCUT2D eigenvalue weighted by Crippen LogP contribution is 2.27. The summed E-state index contributed by atoms with van der Waals surface area (Å²) >= 11 is 0. The Kier molecular flexibility index (Phi) is 6.67. The van der Waals surface area contributed by atoms with Gasteiger partial charge in [-0.05, 0) is 30.0 Å². The van der Waals surface area contributed by atoms with Crippen molar-refractivity contribution in [3.05, 3.63) is 23.8 Å².